The van der Waals surface area contributed by atoms with Crippen LogP contribution in [0.25, 0.3) is 11.0 Å². The van der Waals surface area contributed by atoms with Crippen molar-refractivity contribution in [1.82, 2.24) is 9.55 Å². The number of aryl methyl sites for hydroxylation is 1. The fourth-order valence-corrected chi connectivity index (χ4v) is 8.44. The molecule has 2 aromatic heterocycles. The van der Waals surface area contributed by atoms with Gasteiger partial charge in [-0.2, -0.15) is 0 Å². The molecular formula is C32H32ClN2O3P. The minimum atomic E-state index is -2.24. The second-order valence-electron chi connectivity index (χ2n) is 8.70. The number of hydrogen-bond acceptors (Lipinski definition) is 4. The van der Waals surface area contributed by atoms with E-state index in [9.17, 15) is 4.79 Å². The Morgan fingerprint density at radius 3 is 1.82 bits per heavy atom. The van der Waals surface area contributed by atoms with Crippen LogP contribution in [0.3, 0.4) is 0 Å². The van der Waals surface area contributed by atoms with Gasteiger partial charge in [0.25, 0.3) is 0 Å². The Balaban J connectivity index is 0.000000212. The summed E-state index contributed by atoms with van der Waals surface area (Å²) in [6.07, 6.45) is 0. The molecule has 0 unspecified atom stereocenters. The molecule has 3 aromatic carbocycles. The molecule has 0 spiro atoms. The number of fused-ring (bicyclic) bond motifs is 1. The molecule has 0 fully saturated rings. The van der Waals surface area contributed by atoms with E-state index in [2.05, 4.69) is 41.4 Å². The number of nitrogens with zero attached hydrogens (tertiary/aromatic N) is 2. The zero-order valence-electron chi connectivity index (χ0n) is 22.1. The first-order valence-electron chi connectivity index (χ1n) is 12.9. The summed E-state index contributed by atoms with van der Waals surface area (Å²) >= 11 is 5.81. The summed E-state index contributed by atoms with van der Waals surface area (Å²) in [6, 6.07) is 36.3. The van der Waals surface area contributed by atoms with Crippen LogP contribution >= 0.6 is 18.5 Å². The minimum absolute atomic E-state index is 0.0296. The highest BCUT2D eigenvalue weighted by molar-refractivity contribution is 7.95. The maximum atomic E-state index is 12.5. The third kappa shape index (κ3) is 6.34. The summed E-state index contributed by atoms with van der Waals surface area (Å²) in [5.74, 6) is 1.53. The van der Waals surface area contributed by atoms with Crippen molar-refractivity contribution in [2.24, 2.45) is 0 Å². The average molecular weight is 559 g/mol. The van der Waals surface area contributed by atoms with E-state index in [0.29, 0.717) is 11.8 Å². The molecule has 1 N–H and O–H groups in total. The van der Waals surface area contributed by atoms with Crippen molar-refractivity contribution in [3.05, 3.63) is 120 Å². The number of benzene rings is 3. The standard InChI is InChI=1S/C22H21O2P.C10H11ClN2O/c1-2-24-22(23)18-25(19-12-6-3-7-13-19,20-14-8-4-9-15-20)21-16-10-5-11-17-21;1-2-13-8(6-14)5-7-3-4-9(11)12-10(7)13/h3-18H,2H2,1H3;3-5,14H,2,6H2,1H3. The molecule has 5 aromatic rings. The van der Waals surface area contributed by atoms with Crippen molar-refractivity contribution in [3.8, 4) is 0 Å². The van der Waals surface area contributed by atoms with E-state index in [1.807, 2.05) is 85.1 Å². The summed E-state index contributed by atoms with van der Waals surface area (Å²) in [6.45, 7) is 2.79. The molecule has 2 heterocycles. The fraction of sp³-hybridized carbons (Fsp3) is 0.156. The second-order valence-corrected chi connectivity index (χ2v) is 12.3. The normalized spacial score (nSPS) is 11.0. The Morgan fingerprint density at radius 1 is 0.872 bits per heavy atom. The Hall–Kier alpha value is -3.63. The van der Waals surface area contributed by atoms with Gasteiger partial charge in [0, 0.05) is 23.4 Å². The van der Waals surface area contributed by atoms with Crippen LogP contribution in [0.4, 0.5) is 0 Å². The largest absolute Gasteiger partial charge is 0.463 e. The molecule has 0 aliphatic heterocycles. The topological polar surface area (TPSA) is 64.3 Å². The van der Waals surface area contributed by atoms with E-state index in [1.54, 1.807) is 11.9 Å². The monoisotopic (exact) mass is 558 g/mol. The van der Waals surface area contributed by atoms with Crippen LogP contribution in [0.5, 0.6) is 0 Å². The SMILES string of the molecule is CCOC(=O)C=P(c1ccccc1)(c1ccccc1)c1ccccc1.CCn1c(CO)cc2ccc(Cl)nc21. The van der Waals surface area contributed by atoms with Crippen molar-refractivity contribution in [2.75, 3.05) is 6.61 Å². The number of aliphatic hydroxyl groups is 1. The highest BCUT2D eigenvalue weighted by Gasteiger charge is 2.26. The van der Waals surface area contributed by atoms with Crippen LogP contribution in [0, 0.1) is 0 Å². The summed E-state index contributed by atoms with van der Waals surface area (Å²) in [4.78, 5) is 16.8. The average Bonchev–Trinajstić information content (AvgIpc) is 3.34. The number of carbonyl (C=O) groups is 1. The number of hydrogen-bond donors (Lipinski definition) is 1. The highest BCUT2D eigenvalue weighted by Crippen LogP contribution is 2.43. The maximum absolute atomic E-state index is 12.5. The fourth-order valence-electron chi connectivity index (χ4n) is 4.64. The number of aromatic nitrogens is 2. The molecular weight excluding hydrogens is 527 g/mol. The van der Waals surface area contributed by atoms with E-state index < -0.39 is 6.89 Å². The van der Waals surface area contributed by atoms with Gasteiger partial charge in [0.1, 0.15) is 10.8 Å². The van der Waals surface area contributed by atoms with Crippen molar-refractivity contribution in [1.29, 1.82) is 0 Å². The summed E-state index contributed by atoms with van der Waals surface area (Å²) < 4.78 is 7.25. The van der Waals surface area contributed by atoms with Crippen LogP contribution in [0.1, 0.15) is 19.5 Å². The number of carbonyl (C=O) groups excluding carboxylic acids is 1. The second kappa shape index (κ2) is 13.4. The summed E-state index contributed by atoms with van der Waals surface area (Å²) in [5, 5.41) is 14.1. The van der Waals surface area contributed by atoms with Crippen LogP contribution in [0.15, 0.2) is 109 Å². The summed E-state index contributed by atoms with van der Waals surface area (Å²) in [7, 11) is 0. The van der Waals surface area contributed by atoms with Crippen LogP contribution < -0.4 is 15.9 Å². The molecule has 0 saturated carbocycles. The van der Waals surface area contributed by atoms with Crippen LogP contribution in [-0.4, -0.2) is 33.0 Å². The molecule has 5 rings (SSSR count). The third-order valence-corrected chi connectivity index (χ3v) is 10.5. The van der Waals surface area contributed by atoms with Gasteiger partial charge in [0.15, 0.2) is 0 Å². The van der Waals surface area contributed by atoms with Gasteiger partial charge >= 0.3 is 5.97 Å². The zero-order chi connectivity index (χ0) is 27.7. The molecule has 0 atom stereocenters. The minimum Gasteiger partial charge on any atom is -0.463 e. The van der Waals surface area contributed by atoms with E-state index in [4.69, 9.17) is 21.4 Å². The molecule has 0 radical (unpaired) electrons. The van der Waals surface area contributed by atoms with Gasteiger partial charge in [-0.05, 0) is 54.8 Å². The van der Waals surface area contributed by atoms with Crippen molar-refractivity contribution < 1.29 is 14.6 Å². The van der Waals surface area contributed by atoms with E-state index in [-0.39, 0.29) is 12.6 Å². The van der Waals surface area contributed by atoms with E-state index >= 15 is 0 Å². The van der Waals surface area contributed by atoms with Gasteiger partial charge in [0.05, 0.1) is 13.2 Å². The maximum Gasteiger partial charge on any atom is 0.331 e. The number of ether oxygens (including phenoxy) is 1. The molecule has 0 aliphatic rings. The molecule has 0 amide bonds. The Bertz CT molecular complexity index is 1470. The van der Waals surface area contributed by atoms with Gasteiger partial charge in [-0.1, -0.05) is 103 Å². The lowest BCUT2D eigenvalue weighted by Crippen LogP contribution is -2.29. The van der Waals surface area contributed by atoms with Gasteiger partial charge < -0.3 is 14.4 Å². The lowest BCUT2D eigenvalue weighted by Gasteiger charge is -2.28. The van der Waals surface area contributed by atoms with E-state index in [0.717, 1.165) is 39.2 Å². The Morgan fingerprint density at radius 2 is 1.38 bits per heavy atom. The number of halogens is 1. The van der Waals surface area contributed by atoms with Crippen LogP contribution in [0.2, 0.25) is 5.15 Å². The predicted octanol–water partition coefficient (Wildman–Crippen LogP) is 5.55. The lowest BCUT2D eigenvalue weighted by molar-refractivity contribution is -0.134. The quantitative estimate of drug-likeness (QED) is 0.162. The number of rotatable bonds is 7. The van der Waals surface area contributed by atoms with Gasteiger partial charge in [0.2, 0.25) is 0 Å². The zero-order valence-corrected chi connectivity index (χ0v) is 23.7. The molecule has 39 heavy (non-hydrogen) atoms. The molecule has 5 nitrogen and oxygen atoms in total. The smallest absolute Gasteiger partial charge is 0.331 e. The van der Waals surface area contributed by atoms with Gasteiger partial charge in [-0.15, -0.1) is 0 Å². The van der Waals surface area contributed by atoms with E-state index in [1.165, 1.54) is 0 Å². The van der Waals surface area contributed by atoms with Crippen LogP contribution in [-0.2, 0) is 22.7 Å². The predicted molar refractivity (Wildman–Crippen MR) is 164 cm³/mol. The molecule has 7 heteroatoms. The van der Waals surface area contributed by atoms with Gasteiger partial charge in [-0.25, -0.2) is 9.78 Å². The molecule has 0 bridgehead atoms. The van der Waals surface area contributed by atoms with Crippen molar-refractivity contribution >= 4 is 57.2 Å². The first-order valence-corrected chi connectivity index (χ1v) is 15.1. The van der Waals surface area contributed by atoms with Crippen molar-refractivity contribution in [2.45, 2.75) is 27.0 Å². The Labute approximate surface area is 234 Å². The first kappa shape index (κ1) is 28.4. The molecule has 0 aliphatic carbocycles. The summed E-state index contributed by atoms with van der Waals surface area (Å²) in [5.41, 5.74) is 1.71. The third-order valence-electron chi connectivity index (χ3n) is 6.35. The molecule has 0 saturated heterocycles. The Kier molecular flexibility index (Phi) is 9.78. The number of esters is 1. The van der Waals surface area contributed by atoms with Gasteiger partial charge in [-0.3, -0.25) is 0 Å². The number of aliphatic hydroxyl groups excluding tert-OH is 1. The number of pyridine rings is 1. The molecule has 200 valence electrons. The van der Waals surface area contributed by atoms with Crippen molar-refractivity contribution in [3.63, 3.8) is 0 Å². The first-order chi connectivity index (χ1) is 19.0. The lowest BCUT2D eigenvalue weighted by atomic mass is 10.3. The highest BCUT2D eigenvalue weighted by atomic mass is 35.5.